The van der Waals surface area contributed by atoms with Gasteiger partial charge in [-0.15, -0.1) is 0 Å². The van der Waals surface area contributed by atoms with Crippen molar-refractivity contribution in [3.05, 3.63) is 71.8 Å². The molecule has 2 aliphatic heterocycles. The molecule has 2 atom stereocenters. The van der Waals surface area contributed by atoms with Crippen molar-refractivity contribution in [3.8, 4) is 0 Å². The van der Waals surface area contributed by atoms with Gasteiger partial charge in [0.1, 0.15) is 5.78 Å². The van der Waals surface area contributed by atoms with Gasteiger partial charge in [0.05, 0.1) is 5.92 Å². The fraction of sp³-hybridized carbons (Fsp3) is 0.467. The Hall–Kier alpha value is -3.52. The van der Waals surface area contributed by atoms with Gasteiger partial charge < -0.3 is 19.6 Å². The molecule has 0 aromatic heterocycles. The van der Waals surface area contributed by atoms with Gasteiger partial charge in [-0.2, -0.15) is 0 Å². The van der Waals surface area contributed by atoms with Gasteiger partial charge in [-0.05, 0) is 56.4 Å². The zero-order valence-electron chi connectivity index (χ0n) is 22.1. The molecule has 8 heteroatoms. The van der Waals surface area contributed by atoms with Crippen LogP contribution in [0.2, 0.25) is 0 Å². The summed E-state index contributed by atoms with van der Waals surface area (Å²) in [5.74, 6) is -1.02. The summed E-state index contributed by atoms with van der Waals surface area (Å²) in [7, 11) is 1.64. The normalized spacial score (nSPS) is 19.2. The van der Waals surface area contributed by atoms with Crippen LogP contribution in [0.3, 0.4) is 0 Å². The van der Waals surface area contributed by atoms with Crippen LogP contribution in [0, 0.1) is 11.8 Å². The van der Waals surface area contributed by atoms with Crippen LogP contribution in [-0.4, -0.2) is 78.4 Å². The number of Topliss-reactive ketones (excluding diaryl/α,β-unsaturated/α-hetero) is 1. The van der Waals surface area contributed by atoms with E-state index in [9.17, 15) is 19.2 Å². The third kappa shape index (κ3) is 8.52. The SMILES string of the molecule is COCCCC(=O)C1CCCN(C(=O)c2ccccc2)C1.O=C(O)C1CCCN(C(=O)c2ccccc2)C1. The Morgan fingerprint density at radius 1 is 0.789 bits per heavy atom. The van der Waals surface area contributed by atoms with Crippen molar-refractivity contribution in [1.29, 1.82) is 0 Å². The molecule has 2 aromatic carbocycles. The average Bonchev–Trinajstić information content (AvgIpc) is 2.98. The number of hydrogen-bond acceptors (Lipinski definition) is 5. The number of likely N-dealkylation sites (tertiary alicyclic amines) is 2. The summed E-state index contributed by atoms with van der Waals surface area (Å²) in [6.45, 7) is 2.89. The van der Waals surface area contributed by atoms with Gasteiger partial charge in [-0.3, -0.25) is 19.2 Å². The number of carboxylic acid groups (broad SMARTS) is 1. The number of rotatable bonds is 8. The maximum absolute atomic E-state index is 12.4. The minimum Gasteiger partial charge on any atom is -0.481 e. The number of piperidine rings is 2. The first-order valence-corrected chi connectivity index (χ1v) is 13.3. The summed E-state index contributed by atoms with van der Waals surface area (Å²) in [6, 6.07) is 18.3. The van der Waals surface area contributed by atoms with E-state index in [0.29, 0.717) is 50.2 Å². The van der Waals surface area contributed by atoms with E-state index in [-0.39, 0.29) is 23.5 Å². The second-order valence-electron chi connectivity index (χ2n) is 9.81. The molecule has 0 bridgehead atoms. The minimum absolute atomic E-state index is 0.0109. The molecular weight excluding hydrogens is 484 g/mol. The number of nitrogens with zero attached hydrogens (tertiary/aromatic N) is 2. The topological polar surface area (TPSA) is 104 Å². The monoisotopic (exact) mass is 522 g/mol. The van der Waals surface area contributed by atoms with Crippen molar-refractivity contribution in [2.24, 2.45) is 11.8 Å². The predicted molar refractivity (Wildman–Crippen MR) is 144 cm³/mol. The zero-order valence-corrected chi connectivity index (χ0v) is 22.1. The Balaban J connectivity index is 0.000000215. The molecule has 204 valence electrons. The largest absolute Gasteiger partial charge is 0.481 e. The van der Waals surface area contributed by atoms with Crippen LogP contribution in [-0.2, 0) is 14.3 Å². The molecule has 38 heavy (non-hydrogen) atoms. The number of carbonyl (C=O) groups excluding carboxylic acids is 3. The molecule has 1 N–H and O–H groups in total. The maximum atomic E-state index is 12.4. The number of amides is 2. The lowest BCUT2D eigenvalue weighted by atomic mass is 9.91. The van der Waals surface area contributed by atoms with Crippen LogP contribution in [0.1, 0.15) is 59.2 Å². The van der Waals surface area contributed by atoms with Crippen LogP contribution >= 0.6 is 0 Å². The molecule has 2 aliphatic rings. The summed E-state index contributed by atoms with van der Waals surface area (Å²) in [5, 5.41) is 8.97. The molecule has 2 fully saturated rings. The standard InChI is InChI=1S/C17H23NO3.C13H15NO3/c1-21-12-6-10-16(19)15-9-5-11-18(13-15)17(20)14-7-3-2-4-8-14;15-12(10-5-2-1-3-6-10)14-8-4-7-11(9-14)13(16)17/h2-4,7-8,15H,5-6,9-13H2,1H3;1-3,5-6,11H,4,7-9H2,(H,16,17). The van der Waals surface area contributed by atoms with Crippen molar-refractivity contribution in [3.63, 3.8) is 0 Å². The smallest absolute Gasteiger partial charge is 0.308 e. The molecule has 0 saturated carbocycles. The molecule has 8 nitrogen and oxygen atoms in total. The van der Waals surface area contributed by atoms with Crippen molar-refractivity contribution >= 4 is 23.6 Å². The summed E-state index contributed by atoms with van der Waals surface area (Å²) in [4.78, 5) is 51.1. The lowest BCUT2D eigenvalue weighted by Crippen LogP contribution is -2.42. The Kier molecular flexibility index (Phi) is 11.5. The number of carboxylic acids is 1. The molecule has 2 unspecified atom stereocenters. The average molecular weight is 523 g/mol. The second kappa shape index (κ2) is 15.0. The highest BCUT2D eigenvalue weighted by atomic mass is 16.5. The summed E-state index contributed by atoms with van der Waals surface area (Å²) >= 11 is 0. The molecule has 0 spiro atoms. The Bertz CT molecular complexity index is 1060. The zero-order chi connectivity index (χ0) is 27.3. The van der Waals surface area contributed by atoms with Gasteiger partial charge in [0.15, 0.2) is 0 Å². The lowest BCUT2D eigenvalue weighted by molar-refractivity contribution is -0.143. The molecular formula is C30H38N2O6. The van der Waals surface area contributed by atoms with E-state index >= 15 is 0 Å². The van der Waals surface area contributed by atoms with Crippen LogP contribution in [0.5, 0.6) is 0 Å². The van der Waals surface area contributed by atoms with E-state index in [2.05, 4.69) is 0 Å². The Labute approximate surface area is 224 Å². The molecule has 2 aromatic rings. The van der Waals surface area contributed by atoms with Crippen LogP contribution in [0.15, 0.2) is 60.7 Å². The Morgan fingerprint density at radius 3 is 1.74 bits per heavy atom. The fourth-order valence-corrected chi connectivity index (χ4v) is 4.91. The quantitative estimate of drug-likeness (QED) is 0.522. The number of ether oxygens (including phenoxy) is 1. The summed E-state index contributed by atoms with van der Waals surface area (Å²) in [5.41, 5.74) is 1.32. The molecule has 2 heterocycles. The van der Waals surface area contributed by atoms with Gasteiger partial charge in [-0.25, -0.2) is 0 Å². The Morgan fingerprint density at radius 2 is 1.26 bits per heavy atom. The number of hydrogen-bond donors (Lipinski definition) is 1. The lowest BCUT2D eigenvalue weighted by Gasteiger charge is -2.32. The molecule has 2 amide bonds. The number of carbonyl (C=O) groups is 4. The van der Waals surface area contributed by atoms with Gasteiger partial charge in [-0.1, -0.05) is 36.4 Å². The second-order valence-corrected chi connectivity index (χ2v) is 9.81. The first-order chi connectivity index (χ1) is 18.4. The first kappa shape index (κ1) is 29.0. The number of ketones is 1. The van der Waals surface area contributed by atoms with Gasteiger partial charge in [0.2, 0.25) is 0 Å². The molecule has 0 radical (unpaired) electrons. The molecule has 2 saturated heterocycles. The summed E-state index contributed by atoms with van der Waals surface area (Å²) < 4.78 is 4.98. The van der Waals surface area contributed by atoms with Crippen LogP contribution in [0.4, 0.5) is 0 Å². The summed E-state index contributed by atoms with van der Waals surface area (Å²) in [6.07, 6.45) is 4.53. The van der Waals surface area contributed by atoms with Crippen LogP contribution in [0.25, 0.3) is 0 Å². The first-order valence-electron chi connectivity index (χ1n) is 13.3. The van der Waals surface area contributed by atoms with E-state index in [4.69, 9.17) is 9.84 Å². The van der Waals surface area contributed by atoms with E-state index in [0.717, 1.165) is 32.2 Å². The molecule has 4 rings (SSSR count). The fourth-order valence-electron chi connectivity index (χ4n) is 4.91. The van der Waals surface area contributed by atoms with Crippen molar-refractivity contribution in [2.75, 3.05) is 39.9 Å². The van der Waals surface area contributed by atoms with E-state index in [1.54, 1.807) is 24.1 Å². The highest BCUT2D eigenvalue weighted by molar-refractivity contribution is 5.95. The minimum atomic E-state index is -0.810. The van der Waals surface area contributed by atoms with Crippen molar-refractivity contribution in [2.45, 2.75) is 38.5 Å². The predicted octanol–water partition coefficient (Wildman–Crippen LogP) is 4.16. The highest BCUT2D eigenvalue weighted by Crippen LogP contribution is 2.21. The third-order valence-corrected chi connectivity index (χ3v) is 7.03. The number of methoxy groups -OCH3 is 1. The number of benzene rings is 2. The number of aliphatic carboxylic acids is 1. The van der Waals surface area contributed by atoms with Crippen molar-refractivity contribution < 1.29 is 29.0 Å². The van der Waals surface area contributed by atoms with Gasteiger partial charge in [0.25, 0.3) is 11.8 Å². The molecule has 0 aliphatic carbocycles. The van der Waals surface area contributed by atoms with E-state index in [1.807, 2.05) is 53.4 Å². The highest BCUT2D eigenvalue weighted by Gasteiger charge is 2.29. The third-order valence-electron chi connectivity index (χ3n) is 7.03. The van der Waals surface area contributed by atoms with Crippen LogP contribution < -0.4 is 0 Å². The van der Waals surface area contributed by atoms with E-state index in [1.165, 1.54) is 0 Å². The van der Waals surface area contributed by atoms with Gasteiger partial charge >= 0.3 is 5.97 Å². The maximum Gasteiger partial charge on any atom is 0.308 e. The van der Waals surface area contributed by atoms with E-state index < -0.39 is 11.9 Å². The van der Waals surface area contributed by atoms with Crippen molar-refractivity contribution in [1.82, 2.24) is 9.80 Å². The van der Waals surface area contributed by atoms with Gasteiger partial charge in [0, 0.05) is 63.4 Å².